The summed E-state index contributed by atoms with van der Waals surface area (Å²) >= 11 is 0. The van der Waals surface area contributed by atoms with Gasteiger partial charge in [0.25, 0.3) is 5.91 Å². The number of hydrogen-bond acceptors (Lipinski definition) is 7. The van der Waals surface area contributed by atoms with Crippen molar-refractivity contribution < 1.29 is 18.7 Å². The molecule has 1 aliphatic carbocycles. The van der Waals surface area contributed by atoms with Crippen LogP contribution in [0.4, 0.5) is 5.69 Å². The molecule has 0 spiro atoms. The fourth-order valence-electron chi connectivity index (χ4n) is 4.84. The van der Waals surface area contributed by atoms with E-state index in [0.29, 0.717) is 51.6 Å². The largest absolute Gasteiger partial charge is 0.456 e. The number of rotatable bonds is 13. The molecule has 0 fully saturated rings. The van der Waals surface area contributed by atoms with Gasteiger partial charge in [0, 0.05) is 66.1 Å². The summed E-state index contributed by atoms with van der Waals surface area (Å²) in [4.78, 5) is 18.1. The number of aryl methyl sites for hydroxylation is 2. The molecule has 4 N–H and O–H groups in total. The lowest BCUT2D eigenvalue weighted by molar-refractivity contribution is 0.0511. The highest BCUT2D eigenvalue weighted by atomic mass is 16.5. The molecule has 40 heavy (non-hydrogen) atoms. The van der Waals surface area contributed by atoms with Crippen LogP contribution in [0.15, 0.2) is 57.9 Å². The van der Waals surface area contributed by atoms with Crippen LogP contribution in [-0.2, 0) is 9.47 Å². The minimum atomic E-state index is -0.156. The monoisotopic (exact) mass is 544 g/mol. The molecule has 1 heterocycles. The minimum absolute atomic E-state index is 0.156. The van der Waals surface area contributed by atoms with Crippen molar-refractivity contribution in [3.05, 3.63) is 70.6 Å². The number of carbonyl (C=O) groups excluding carboxylic acids is 1. The normalized spacial score (nSPS) is 11.9. The topological polar surface area (TPSA) is 111 Å². The molecule has 4 rings (SSSR count). The zero-order valence-corrected chi connectivity index (χ0v) is 23.9. The van der Waals surface area contributed by atoms with E-state index in [1.54, 1.807) is 0 Å². The third-order valence-corrected chi connectivity index (χ3v) is 6.69. The number of benzene rings is 3. The zero-order valence-electron chi connectivity index (χ0n) is 23.9. The summed E-state index contributed by atoms with van der Waals surface area (Å²) < 4.78 is 17.4. The van der Waals surface area contributed by atoms with Crippen molar-refractivity contribution in [2.75, 3.05) is 57.9 Å². The molecule has 2 aromatic rings. The molecule has 0 unspecified atom stereocenters. The molecule has 0 saturated carbocycles. The van der Waals surface area contributed by atoms with E-state index in [9.17, 15) is 4.79 Å². The highest BCUT2D eigenvalue weighted by molar-refractivity contribution is 6.09. The van der Waals surface area contributed by atoms with Crippen molar-refractivity contribution >= 4 is 22.6 Å². The minimum Gasteiger partial charge on any atom is -0.456 e. The van der Waals surface area contributed by atoms with E-state index >= 15 is 0 Å². The number of amides is 1. The van der Waals surface area contributed by atoms with Gasteiger partial charge in [0.1, 0.15) is 11.3 Å². The van der Waals surface area contributed by atoms with Gasteiger partial charge in [-0.2, -0.15) is 0 Å². The summed E-state index contributed by atoms with van der Waals surface area (Å²) in [7, 11) is 0. The number of nitrogens with two attached hydrogens (primary N) is 1. The highest BCUT2D eigenvalue weighted by Crippen LogP contribution is 2.42. The van der Waals surface area contributed by atoms with Gasteiger partial charge in [0.05, 0.1) is 31.8 Å². The molecule has 0 saturated heterocycles. The molecule has 8 nitrogen and oxygen atoms in total. The van der Waals surface area contributed by atoms with Crippen molar-refractivity contribution in [2.24, 2.45) is 10.7 Å². The summed E-state index contributed by atoms with van der Waals surface area (Å²) in [5.74, 6) is 0.572. The van der Waals surface area contributed by atoms with Gasteiger partial charge in [0.2, 0.25) is 0 Å². The van der Waals surface area contributed by atoms with Crippen LogP contribution in [0.25, 0.3) is 33.4 Å². The number of hydrogen-bond donors (Lipinski definition) is 3. The van der Waals surface area contributed by atoms with Gasteiger partial charge < -0.3 is 30.3 Å². The molecule has 0 radical (unpaired) electrons. The fraction of sp³-hybridized carbons (Fsp3) is 0.375. The average molecular weight is 545 g/mol. The lowest BCUT2D eigenvalue weighted by Crippen LogP contribution is -2.28. The molecule has 0 aromatic heterocycles. The van der Waals surface area contributed by atoms with Gasteiger partial charge in [-0.15, -0.1) is 0 Å². The van der Waals surface area contributed by atoms with E-state index in [4.69, 9.17) is 19.6 Å². The molecule has 2 aliphatic rings. The van der Waals surface area contributed by atoms with Crippen LogP contribution in [0, 0.1) is 13.8 Å². The lowest BCUT2D eigenvalue weighted by Gasteiger charge is -2.20. The Bertz CT molecular complexity index is 1490. The van der Waals surface area contributed by atoms with Crippen molar-refractivity contribution in [3.8, 4) is 22.5 Å². The van der Waals surface area contributed by atoms with Crippen LogP contribution in [-0.4, -0.2) is 58.5 Å². The Labute approximate surface area is 235 Å². The van der Waals surface area contributed by atoms with Crippen LogP contribution in [0.5, 0.6) is 0 Å². The van der Waals surface area contributed by atoms with Crippen molar-refractivity contribution in [2.45, 2.75) is 27.7 Å². The number of fused-ring (bicyclic) bond motifs is 2. The van der Waals surface area contributed by atoms with Crippen molar-refractivity contribution in [1.29, 1.82) is 0 Å². The highest BCUT2D eigenvalue weighted by Gasteiger charge is 2.22. The third kappa shape index (κ3) is 6.70. The molecule has 212 valence electrons. The molecular formula is C32H40N4O4. The first-order valence-electron chi connectivity index (χ1n) is 14.0. The Morgan fingerprint density at radius 3 is 2.48 bits per heavy atom. The first-order valence-corrected chi connectivity index (χ1v) is 14.0. The van der Waals surface area contributed by atoms with Gasteiger partial charge in [-0.05, 0) is 62.6 Å². The summed E-state index contributed by atoms with van der Waals surface area (Å²) in [5, 5.41) is 8.29. The smallest absolute Gasteiger partial charge is 0.251 e. The van der Waals surface area contributed by atoms with Crippen molar-refractivity contribution in [1.82, 2.24) is 5.32 Å². The SMILES string of the molecule is CCN=c1cc2oc3cc(NCC)c(C)cc3c(-c3ccccc3C(=O)NCCOCCOCCN)c-2cc1C. The Balaban J connectivity index is 1.76. The summed E-state index contributed by atoms with van der Waals surface area (Å²) in [6.45, 7) is 12.4. The zero-order chi connectivity index (χ0) is 28.5. The molecule has 0 atom stereocenters. The van der Waals surface area contributed by atoms with Gasteiger partial charge >= 0.3 is 0 Å². The average Bonchev–Trinajstić information content (AvgIpc) is 2.95. The van der Waals surface area contributed by atoms with Gasteiger partial charge in [0.15, 0.2) is 0 Å². The second-order valence-electron chi connectivity index (χ2n) is 9.59. The summed E-state index contributed by atoms with van der Waals surface area (Å²) in [6.07, 6.45) is 0. The Morgan fingerprint density at radius 2 is 1.73 bits per heavy atom. The number of anilines is 1. The van der Waals surface area contributed by atoms with E-state index in [1.807, 2.05) is 43.3 Å². The predicted molar refractivity (Wildman–Crippen MR) is 161 cm³/mol. The second kappa shape index (κ2) is 14.1. The summed E-state index contributed by atoms with van der Waals surface area (Å²) in [5.41, 5.74) is 12.7. The predicted octanol–water partition coefficient (Wildman–Crippen LogP) is 4.90. The van der Waals surface area contributed by atoms with E-state index in [1.165, 1.54) is 0 Å². The molecule has 2 aromatic carbocycles. The van der Waals surface area contributed by atoms with E-state index in [2.05, 4.69) is 48.5 Å². The van der Waals surface area contributed by atoms with Crippen LogP contribution < -0.4 is 21.7 Å². The first kappa shape index (κ1) is 29.3. The van der Waals surface area contributed by atoms with E-state index in [0.717, 1.165) is 62.1 Å². The Hall–Kier alpha value is -3.72. The van der Waals surface area contributed by atoms with Gasteiger partial charge in [-0.3, -0.25) is 9.79 Å². The number of ether oxygens (including phenoxy) is 2. The van der Waals surface area contributed by atoms with Crippen LogP contribution in [0.2, 0.25) is 0 Å². The Morgan fingerprint density at radius 1 is 0.950 bits per heavy atom. The lowest BCUT2D eigenvalue weighted by atomic mass is 9.89. The standard InChI is InChI=1S/C32H40N4O4/c1-5-34-27-19-29-25(17-21(27)3)31(26-18-22(4)28(35-6-2)20-30(26)40-29)23-9-7-8-10-24(23)32(37)36-12-14-39-16-15-38-13-11-33/h7-10,17-20,34H,5-6,11-16,33H2,1-4H3,(H,36,37). The summed E-state index contributed by atoms with van der Waals surface area (Å²) in [6, 6.07) is 16.0. The van der Waals surface area contributed by atoms with Crippen LogP contribution in [0.1, 0.15) is 35.3 Å². The maximum atomic E-state index is 13.4. The van der Waals surface area contributed by atoms with E-state index < -0.39 is 0 Å². The van der Waals surface area contributed by atoms with Crippen LogP contribution >= 0.6 is 0 Å². The molecule has 1 aliphatic heterocycles. The van der Waals surface area contributed by atoms with E-state index in [-0.39, 0.29) is 5.91 Å². The Kier molecular flexibility index (Phi) is 10.3. The maximum Gasteiger partial charge on any atom is 0.251 e. The molecular weight excluding hydrogens is 504 g/mol. The fourth-order valence-corrected chi connectivity index (χ4v) is 4.84. The molecule has 8 heteroatoms. The van der Waals surface area contributed by atoms with Crippen molar-refractivity contribution in [3.63, 3.8) is 0 Å². The number of nitrogens with zero attached hydrogens (tertiary/aromatic N) is 1. The number of nitrogens with one attached hydrogen (secondary N) is 2. The molecule has 0 bridgehead atoms. The second-order valence-corrected chi connectivity index (χ2v) is 9.59. The first-order chi connectivity index (χ1) is 19.5. The quantitative estimate of drug-likeness (QED) is 0.163. The maximum absolute atomic E-state index is 13.4. The third-order valence-electron chi connectivity index (χ3n) is 6.69. The van der Waals surface area contributed by atoms with Gasteiger partial charge in [-0.25, -0.2) is 0 Å². The molecule has 1 amide bonds. The van der Waals surface area contributed by atoms with Crippen LogP contribution in [0.3, 0.4) is 0 Å². The number of carbonyl (C=O) groups is 1. The van der Waals surface area contributed by atoms with Gasteiger partial charge in [-0.1, -0.05) is 18.2 Å².